The zero-order valence-corrected chi connectivity index (χ0v) is 20.8. The highest BCUT2D eigenvalue weighted by molar-refractivity contribution is 5.81. The van der Waals surface area contributed by atoms with Crippen LogP contribution in [0.5, 0.6) is 17.2 Å². The third kappa shape index (κ3) is 6.44. The molecule has 0 aliphatic carbocycles. The lowest BCUT2D eigenvalue weighted by molar-refractivity contribution is -0.151. The van der Waals surface area contributed by atoms with E-state index < -0.39 is 6.10 Å². The fourth-order valence-electron chi connectivity index (χ4n) is 4.51. The van der Waals surface area contributed by atoms with Crippen molar-refractivity contribution in [3.05, 3.63) is 53.3 Å². The van der Waals surface area contributed by atoms with E-state index in [2.05, 4.69) is 13.8 Å². The van der Waals surface area contributed by atoms with Crippen LogP contribution >= 0.6 is 0 Å². The van der Waals surface area contributed by atoms with Gasteiger partial charge in [0.15, 0.2) is 11.5 Å². The molecule has 35 heavy (non-hydrogen) atoms. The van der Waals surface area contributed by atoms with E-state index in [9.17, 15) is 9.18 Å². The topological polar surface area (TPSA) is 60.5 Å². The maximum Gasteiger partial charge on any atom is 0.253 e. The number of carbonyl (C=O) groups is 1. The van der Waals surface area contributed by atoms with E-state index >= 15 is 0 Å². The van der Waals surface area contributed by atoms with Crippen molar-refractivity contribution in [3.8, 4) is 17.2 Å². The van der Waals surface area contributed by atoms with Crippen molar-refractivity contribution in [1.29, 1.82) is 0 Å². The Bertz CT molecular complexity index is 1020. The number of hydrogen-bond acceptors (Lipinski definition) is 6. The fraction of sp³-hybridized carbons (Fsp3) is 0.519. The van der Waals surface area contributed by atoms with E-state index in [4.69, 9.17) is 18.9 Å². The Kier molecular flexibility index (Phi) is 8.46. The molecule has 2 aliphatic rings. The second-order valence-electron chi connectivity index (χ2n) is 9.46. The highest BCUT2D eigenvalue weighted by atomic mass is 19.1. The largest absolute Gasteiger partial charge is 0.496 e. The third-order valence-electron chi connectivity index (χ3n) is 6.19. The Morgan fingerprint density at radius 3 is 2.74 bits per heavy atom. The molecule has 0 bridgehead atoms. The van der Waals surface area contributed by atoms with Crippen molar-refractivity contribution in [1.82, 2.24) is 9.80 Å². The second-order valence-corrected chi connectivity index (χ2v) is 9.46. The molecule has 2 aromatic carbocycles. The summed E-state index contributed by atoms with van der Waals surface area (Å²) in [5.74, 6) is 1.89. The van der Waals surface area contributed by atoms with Crippen LogP contribution in [0.4, 0.5) is 4.39 Å². The number of methoxy groups -OCH3 is 1. The summed E-state index contributed by atoms with van der Waals surface area (Å²) in [6.45, 7) is 8.27. The molecule has 2 heterocycles. The van der Waals surface area contributed by atoms with Crippen molar-refractivity contribution < 1.29 is 28.1 Å². The Morgan fingerprint density at radius 2 is 1.97 bits per heavy atom. The number of hydrogen-bond donors (Lipinski definition) is 0. The van der Waals surface area contributed by atoms with Crippen molar-refractivity contribution in [2.24, 2.45) is 5.92 Å². The lowest BCUT2D eigenvalue weighted by Gasteiger charge is -2.36. The minimum Gasteiger partial charge on any atom is -0.496 e. The number of morpholine rings is 1. The number of ether oxygens (including phenoxy) is 4. The number of fused-ring (bicyclic) bond motifs is 1. The predicted molar refractivity (Wildman–Crippen MR) is 130 cm³/mol. The molecule has 7 nitrogen and oxygen atoms in total. The van der Waals surface area contributed by atoms with Crippen molar-refractivity contribution >= 4 is 5.91 Å². The normalized spacial score (nSPS) is 18.3. The van der Waals surface area contributed by atoms with Gasteiger partial charge >= 0.3 is 0 Å². The van der Waals surface area contributed by atoms with E-state index in [0.29, 0.717) is 69.8 Å². The van der Waals surface area contributed by atoms with Gasteiger partial charge in [-0.15, -0.1) is 0 Å². The molecule has 1 atom stereocenters. The van der Waals surface area contributed by atoms with Gasteiger partial charge in [0.1, 0.15) is 17.7 Å². The van der Waals surface area contributed by atoms with Gasteiger partial charge in [0.05, 0.1) is 26.9 Å². The van der Waals surface area contributed by atoms with Crippen molar-refractivity contribution in [3.63, 3.8) is 0 Å². The molecule has 0 spiro atoms. The maximum atomic E-state index is 14.5. The van der Waals surface area contributed by atoms with Crippen LogP contribution in [0.2, 0.25) is 0 Å². The molecule has 0 saturated carbocycles. The number of rotatable bonds is 8. The lowest BCUT2D eigenvalue weighted by Crippen LogP contribution is -2.51. The smallest absolute Gasteiger partial charge is 0.253 e. The van der Waals surface area contributed by atoms with Crippen LogP contribution in [-0.4, -0.2) is 68.4 Å². The molecule has 2 aromatic rings. The van der Waals surface area contributed by atoms with Gasteiger partial charge in [-0.25, -0.2) is 4.39 Å². The average molecular weight is 487 g/mol. The van der Waals surface area contributed by atoms with E-state index in [0.717, 1.165) is 23.5 Å². The van der Waals surface area contributed by atoms with E-state index in [1.807, 2.05) is 28.0 Å². The summed E-state index contributed by atoms with van der Waals surface area (Å²) in [6, 6.07) is 10.7. The fourth-order valence-corrected chi connectivity index (χ4v) is 4.51. The summed E-state index contributed by atoms with van der Waals surface area (Å²) in [4.78, 5) is 17.5. The zero-order chi connectivity index (χ0) is 24.8. The number of nitrogens with zero attached hydrogens (tertiary/aromatic N) is 2. The van der Waals surface area contributed by atoms with Gasteiger partial charge in [0.2, 0.25) is 0 Å². The monoisotopic (exact) mass is 486 g/mol. The van der Waals surface area contributed by atoms with Crippen LogP contribution in [-0.2, 0) is 22.6 Å². The third-order valence-corrected chi connectivity index (χ3v) is 6.19. The van der Waals surface area contributed by atoms with Crippen LogP contribution in [0.1, 0.15) is 31.4 Å². The van der Waals surface area contributed by atoms with Gasteiger partial charge in [-0.1, -0.05) is 26.0 Å². The molecule has 1 amide bonds. The molecule has 0 aromatic heterocycles. The zero-order valence-electron chi connectivity index (χ0n) is 20.8. The molecule has 1 saturated heterocycles. The first-order valence-electron chi connectivity index (χ1n) is 12.3. The van der Waals surface area contributed by atoms with Crippen LogP contribution < -0.4 is 14.2 Å². The molecule has 0 N–H and O–H groups in total. The molecule has 2 aliphatic heterocycles. The second kappa shape index (κ2) is 11.7. The minimum atomic E-state index is -0.610. The molecule has 190 valence electrons. The Balaban J connectivity index is 1.46. The predicted octanol–water partition coefficient (Wildman–Crippen LogP) is 3.88. The molecular formula is C27H35FN2O5. The van der Waals surface area contributed by atoms with Gasteiger partial charge in [-0.2, -0.15) is 0 Å². The van der Waals surface area contributed by atoms with Crippen molar-refractivity contribution in [2.75, 3.05) is 46.6 Å². The van der Waals surface area contributed by atoms with Gasteiger partial charge in [0.25, 0.3) is 5.91 Å². The summed E-state index contributed by atoms with van der Waals surface area (Å²) >= 11 is 0. The van der Waals surface area contributed by atoms with E-state index in [-0.39, 0.29) is 11.7 Å². The Labute approximate surface area is 206 Å². The quantitative estimate of drug-likeness (QED) is 0.565. The van der Waals surface area contributed by atoms with Crippen LogP contribution in [0, 0.1) is 11.7 Å². The average Bonchev–Trinajstić information content (AvgIpc) is 3.09. The first-order chi connectivity index (χ1) is 16.9. The molecular weight excluding hydrogens is 451 g/mol. The number of benzene rings is 2. The Hall–Kier alpha value is -2.84. The lowest BCUT2D eigenvalue weighted by atomic mass is 10.1. The highest BCUT2D eigenvalue weighted by Crippen LogP contribution is 2.31. The van der Waals surface area contributed by atoms with Gasteiger partial charge in [0, 0.05) is 44.7 Å². The van der Waals surface area contributed by atoms with Crippen molar-refractivity contribution in [2.45, 2.75) is 39.5 Å². The van der Waals surface area contributed by atoms with Gasteiger partial charge in [-0.3, -0.25) is 9.69 Å². The van der Waals surface area contributed by atoms with Gasteiger partial charge in [-0.05, 0) is 35.7 Å². The molecule has 1 fully saturated rings. The van der Waals surface area contributed by atoms with Crippen LogP contribution in [0.3, 0.4) is 0 Å². The summed E-state index contributed by atoms with van der Waals surface area (Å²) in [7, 11) is 1.54. The molecule has 8 heteroatoms. The summed E-state index contributed by atoms with van der Waals surface area (Å²) in [5.41, 5.74) is 1.47. The van der Waals surface area contributed by atoms with E-state index in [1.54, 1.807) is 12.1 Å². The van der Waals surface area contributed by atoms with Crippen LogP contribution in [0.25, 0.3) is 0 Å². The maximum absolute atomic E-state index is 14.5. The molecule has 4 rings (SSSR count). The number of carbonyl (C=O) groups excluding carboxylic acids is 1. The first-order valence-corrected chi connectivity index (χ1v) is 12.3. The van der Waals surface area contributed by atoms with Gasteiger partial charge < -0.3 is 23.8 Å². The summed E-state index contributed by atoms with van der Waals surface area (Å²) < 4.78 is 37.3. The number of halogens is 1. The minimum absolute atomic E-state index is 0.0593. The molecule has 1 unspecified atom stereocenters. The standard InChI is InChI=1S/C27H35FN2O5/c1-19(2)15-30(16-20-8-9-24-25(14-20)34-12-5-11-33-24)27(31)26-18-29(10-13-35-26)17-21-22(28)6-4-7-23(21)32-3/h4,6-9,14,19,26H,5,10-13,15-18H2,1-3H3. The molecule has 0 radical (unpaired) electrons. The van der Waals surface area contributed by atoms with E-state index in [1.165, 1.54) is 13.2 Å². The van der Waals surface area contributed by atoms with Crippen LogP contribution in [0.15, 0.2) is 36.4 Å². The Morgan fingerprint density at radius 1 is 1.17 bits per heavy atom. The highest BCUT2D eigenvalue weighted by Gasteiger charge is 2.31. The number of amides is 1. The summed E-state index contributed by atoms with van der Waals surface area (Å²) in [6.07, 6.45) is 0.233. The SMILES string of the molecule is COc1cccc(F)c1CN1CCOC(C(=O)N(Cc2ccc3c(c2)OCCCO3)CC(C)C)C1. The first kappa shape index (κ1) is 25.3. The summed E-state index contributed by atoms with van der Waals surface area (Å²) in [5, 5.41) is 0.